The van der Waals surface area contributed by atoms with Crippen LogP contribution in [-0.4, -0.2) is 64.2 Å². The second-order valence-corrected chi connectivity index (χ2v) is 10.8. The predicted molar refractivity (Wildman–Crippen MR) is 146 cm³/mol. The van der Waals surface area contributed by atoms with E-state index in [2.05, 4.69) is 61.7 Å². The number of hydrogen-bond donors (Lipinski definition) is 3. The van der Waals surface area contributed by atoms with E-state index < -0.39 is 0 Å². The summed E-state index contributed by atoms with van der Waals surface area (Å²) in [4.78, 5) is 43.0. The van der Waals surface area contributed by atoms with Crippen LogP contribution in [0.5, 0.6) is 0 Å². The van der Waals surface area contributed by atoms with Gasteiger partial charge in [-0.05, 0) is 67.4 Å². The molecule has 0 aliphatic carbocycles. The fourth-order valence-electron chi connectivity index (χ4n) is 4.24. The minimum absolute atomic E-state index is 0.347. The van der Waals surface area contributed by atoms with Crippen LogP contribution in [-0.2, 0) is 4.79 Å². The van der Waals surface area contributed by atoms with Gasteiger partial charge in [0.2, 0.25) is 5.95 Å². The molecule has 2 fully saturated rings. The highest BCUT2D eigenvalue weighted by molar-refractivity contribution is 8.18. The summed E-state index contributed by atoms with van der Waals surface area (Å²) in [5.74, 6) is 0.136. The number of fused-ring (bicyclic) bond motifs is 1. The van der Waals surface area contributed by atoms with Gasteiger partial charge in [-0.25, -0.2) is 4.98 Å². The van der Waals surface area contributed by atoms with E-state index in [-0.39, 0.29) is 11.1 Å². The smallest absolute Gasteiger partial charge is 0.290 e. The lowest BCUT2D eigenvalue weighted by Crippen LogP contribution is -2.44. The van der Waals surface area contributed by atoms with Crippen LogP contribution < -0.4 is 15.5 Å². The molecular weight excluding hydrogens is 494 g/mol. The standard InChI is InChI=1S/C25H23N7O2S2/c1-31-10-12-32(13-11-31)16-4-2-15(3-5-16)27-24-28-21(18-8-9-26-22(18)29-24)19-7-6-17(35-19)14-20-23(33)30-25(34)36-20/h2-9,14H,10-13H2,1H3,(H,30,33,34)(H2,26,27,28,29)/b20-14-. The van der Waals surface area contributed by atoms with E-state index in [4.69, 9.17) is 4.98 Å². The van der Waals surface area contributed by atoms with Gasteiger partial charge < -0.3 is 20.1 Å². The Balaban J connectivity index is 1.25. The fraction of sp³-hybridized carbons (Fsp3) is 0.200. The van der Waals surface area contributed by atoms with Gasteiger partial charge in [-0.1, -0.05) is 0 Å². The van der Waals surface area contributed by atoms with Crippen molar-refractivity contribution in [1.29, 1.82) is 0 Å². The van der Waals surface area contributed by atoms with Gasteiger partial charge in [0, 0.05) is 54.0 Å². The van der Waals surface area contributed by atoms with Gasteiger partial charge in [-0.15, -0.1) is 11.3 Å². The zero-order chi connectivity index (χ0) is 24.6. The number of amides is 2. The highest BCUT2D eigenvalue weighted by atomic mass is 32.2. The summed E-state index contributed by atoms with van der Waals surface area (Å²) in [7, 11) is 2.16. The summed E-state index contributed by atoms with van der Waals surface area (Å²) in [6.45, 7) is 4.19. The molecule has 2 aliphatic heterocycles. The van der Waals surface area contributed by atoms with Crippen molar-refractivity contribution in [2.24, 2.45) is 0 Å². The van der Waals surface area contributed by atoms with Gasteiger partial charge in [-0.3, -0.25) is 14.9 Å². The summed E-state index contributed by atoms with van der Waals surface area (Å²) < 4.78 is 0. The number of thioether (sulfide) groups is 1. The number of hydrogen-bond acceptors (Lipinski definition) is 9. The first-order valence-corrected chi connectivity index (χ1v) is 13.2. The number of piperazine rings is 1. The van der Waals surface area contributed by atoms with Crippen LogP contribution in [0.4, 0.5) is 22.1 Å². The first-order valence-electron chi connectivity index (χ1n) is 11.5. The Morgan fingerprint density at radius 2 is 1.81 bits per heavy atom. The van der Waals surface area contributed by atoms with Crippen LogP contribution >= 0.6 is 23.1 Å². The summed E-state index contributed by atoms with van der Waals surface area (Å²) in [6, 6.07) is 14.2. The summed E-state index contributed by atoms with van der Waals surface area (Å²) in [5.41, 5.74) is 3.66. The van der Waals surface area contributed by atoms with E-state index in [1.165, 1.54) is 17.0 Å². The van der Waals surface area contributed by atoms with Crippen molar-refractivity contribution in [3.8, 4) is 10.6 Å². The van der Waals surface area contributed by atoms with Crippen molar-refractivity contribution in [2.75, 3.05) is 43.4 Å². The zero-order valence-electron chi connectivity index (χ0n) is 19.4. The molecule has 3 N–H and O–H groups in total. The number of imide groups is 1. The van der Waals surface area contributed by atoms with E-state index in [0.29, 0.717) is 10.9 Å². The second-order valence-electron chi connectivity index (χ2n) is 8.65. The molecule has 0 bridgehead atoms. The van der Waals surface area contributed by atoms with E-state index in [9.17, 15) is 9.59 Å². The third kappa shape index (κ3) is 4.60. The van der Waals surface area contributed by atoms with E-state index in [1.54, 1.807) is 6.08 Å². The van der Waals surface area contributed by atoms with Crippen molar-refractivity contribution in [1.82, 2.24) is 25.2 Å². The van der Waals surface area contributed by atoms with Crippen molar-refractivity contribution in [2.45, 2.75) is 0 Å². The maximum absolute atomic E-state index is 11.9. The normalized spacial score (nSPS) is 17.8. The summed E-state index contributed by atoms with van der Waals surface area (Å²) in [6.07, 6.45) is 3.58. The minimum atomic E-state index is -0.361. The number of nitrogens with zero attached hydrogens (tertiary/aromatic N) is 4. The first kappa shape index (κ1) is 22.8. The highest BCUT2D eigenvalue weighted by Crippen LogP contribution is 2.35. The van der Waals surface area contributed by atoms with Crippen LogP contribution in [0.2, 0.25) is 0 Å². The molecule has 36 heavy (non-hydrogen) atoms. The van der Waals surface area contributed by atoms with Gasteiger partial charge in [-0.2, -0.15) is 4.98 Å². The molecule has 182 valence electrons. The molecule has 3 aromatic heterocycles. The van der Waals surface area contributed by atoms with Gasteiger partial charge >= 0.3 is 0 Å². The van der Waals surface area contributed by atoms with Gasteiger partial charge in [0.15, 0.2) is 0 Å². The lowest BCUT2D eigenvalue weighted by Gasteiger charge is -2.34. The largest absolute Gasteiger partial charge is 0.369 e. The Morgan fingerprint density at radius 1 is 1.00 bits per heavy atom. The van der Waals surface area contributed by atoms with Crippen LogP contribution in [0.25, 0.3) is 27.7 Å². The Labute approximate surface area is 215 Å². The molecule has 0 unspecified atom stereocenters. The first-order chi connectivity index (χ1) is 17.5. The molecule has 2 aliphatic rings. The maximum atomic E-state index is 11.9. The highest BCUT2D eigenvalue weighted by Gasteiger charge is 2.25. The average Bonchev–Trinajstić information content (AvgIpc) is 3.60. The van der Waals surface area contributed by atoms with Crippen LogP contribution in [0, 0.1) is 0 Å². The molecule has 9 nitrogen and oxygen atoms in total. The average molecular weight is 518 g/mol. The van der Waals surface area contributed by atoms with E-state index in [0.717, 1.165) is 70.1 Å². The van der Waals surface area contributed by atoms with E-state index >= 15 is 0 Å². The molecule has 6 rings (SSSR count). The number of nitrogens with one attached hydrogen (secondary N) is 3. The zero-order valence-corrected chi connectivity index (χ0v) is 21.1. The quantitative estimate of drug-likeness (QED) is 0.332. The number of aromatic nitrogens is 3. The number of carbonyl (C=O) groups excluding carboxylic acids is 2. The molecule has 0 saturated carbocycles. The summed E-state index contributed by atoms with van der Waals surface area (Å²) in [5, 5.41) is 6.19. The van der Waals surface area contributed by atoms with E-state index in [1.807, 2.05) is 24.4 Å². The van der Waals surface area contributed by atoms with Crippen molar-refractivity contribution >= 4 is 68.7 Å². The molecule has 2 amide bonds. The lowest BCUT2D eigenvalue weighted by molar-refractivity contribution is -0.115. The fourth-order valence-corrected chi connectivity index (χ4v) is 5.95. The number of anilines is 3. The third-order valence-corrected chi connectivity index (χ3v) is 8.03. The van der Waals surface area contributed by atoms with Gasteiger partial charge in [0.25, 0.3) is 11.1 Å². The number of benzene rings is 1. The van der Waals surface area contributed by atoms with Crippen molar-refractivity contribution in [3.05, 3.63) is 58.4 Å². The minimum Gasteiger partial charge on any atom is -0.369 e. The molecule has 5 heterocycles. The number of H-pyrrole nitrogens is 1. The van der Waals surface area contributed by atoms with Crippen LogP contribution in [0.15, 0.2) is 53.6 Å². The molecule has 4 aromatic rings. The lowest BCUT2D eigenvalue weighted by atomic mass is 10.2. The molecule has 1 aromatic carbocycles. The van der Waals surface area contributed by atoms with Crippen LogP contribution in [0.1, 0.15) is 4.88 Å². The Hall–Kier alpha value is -3.67. The molecule has 2 saturated heterocycles. The number of carbonyl (C=O) groups is 2. The third-order valence-electron chi connectivity index (χ3n) is 6.18. The number of aromatic amines is 1. The molecular formula is C25H23N7O2S2. The summed E-state index contributed by atoms with van der Waals surface area (Å²) >= 11 is 2.42. The van der Waals surface area contributed by atoms with Gasteiger partial charge in [0.1, 0.15) is 5.65 Å². The Bertz CT molecular complexity index is 1480. The SMILES string of the molecule is CN1CCN(c2ccc(Nc3nc(-c4ccc(/C=C5\SC(=O)NC5=O)s4)c4cc[nH]c4n3)cc2)CC1. The maximum Gasteiger partial charge on any atom is 0.290 e. The van der Waals surface area contributed by atoms with Gasteiger partial charge in [0.05, 0.1) is 15.5 Å². The predicted octanol–water partition coefficient (Wildman–Crippen LogP) is 4.51. The number of likely N-dealkylation sites (N-methyl/N-ethyl adjacent to an activating group) is 1. The molecule has 0 spiro atoms. The molecule has 11 heteroatoms. The molecule has 0 radical (unpaired) electrons. The monoisotopic (exact) mass is 517 g/mol. The number of rotatable bonds is 5. The van der Waals surface area contributed by atoms with Crippen LogP contribution in [0.3, 0.4) is 0 Å². The Morgan fingerprint density at radius 3 is 2.56 bits per heavy atom. The second kappa shape index (κ2) is 9.41. The molecule has 0 atom stereocenters. The van der Waals surface area contributed by atoms with Crippen molar-refractivity contribution in [3.63, 3.8) is 0 Å². The Kier molecular flexibility index (Phi) is 5.96. The topological polar surface area (TPSA) is 106 Å². The number of thiophene rings is 1. The van der Waals surface area contributed by atoms with Crippen molar-refractivity contribution < 1.29 is 9.59 Å².